The minimum Gasteiger partial charge on any atom is -0.399 e. The summed E-state index contributed by atoms with van der Waals surface area (Å²) in [5, 5.41) is 0. The van der Waals surface area contributed by atoms with Gasteiger partial charge in [0.25, 0.3) is 0 Å². The first kappa shape index (κ1) is 17.7. The maximum Gasteiger partial charge on any atom is 0.199 e. The molecule has 0 aromatic heterocycles. The maximum atomic E-state index is 5.89. The Morgan fingerprint density at radius 1 is 0.769 bits per heavy atom. The molecule has 0 aliphatic heterocycles. The van der Waals surface area contributed by atoms with Crippen molar-refractivity contribution in [1.29, 1.82) is 0 Å². The molecule has 0 heterocycles. The lowest BCUT2D eigenvalue weighted by atomic mass is 9.90. The predicted octanol–water partition coefficient (Wildman–Crippen LogP) is 3.98. The number of nitrogens with zero attached hydrogens (tertiary/aromatic N) is 2. The van der Waals surface area contributed by atoms with Crippen LogP contribution in [0.1, 0.15) is 11.1 Å². The molecule has 0 bridgehead atoms. The molecule has 26 heavy (non-hydrogen) atoms. The average Bonchev–Trinajstić information content (AvgIpc) is 2.64. The SMILES string of the molecule is CN(C)c1ccc(C(=C2C=CC(=[N+](C)C)C=C2)c2ccc(N)cc2)cc1. The van der Waals surface area contributed by atoms with Crippen LogP contribution in [0.4, 0.5) is 11.4 Å². The Kier molecular flexibility index (Phi) is 5.08. The third-order valence-corrected chi connectivity index (χ3v) is 4.54. The highest BCUT2D eigenvalue weighted by molar-refractivity contribution is 6.04. The fourth-order valence-corrected chi connectivity index (χ4v) is 3.00. The van der Waals surface area contributed by atoms with E-state index in [4.69, 9.17) is 5.73 Å². The van der Waals surface area contributed by atoms with E-state index in [9.17, 15) is 0 Å². The molecule has 0 amide bonds. The van der Waals surface area contributed by atoms with Gasteiger partial charge in [0.2, 0.25) is 0 Å². The van der Waals surface area contributed by atoms with Crippen molar-refractivity contribution in [1.82, 2.24) is 0 Å². The van der Waals surface area contributed by atoms with Gasteiger partial charge in [-0.3, -0.25) is 0 Å². The topological polar surface area (TPSA) is 32.3 Å². The van der Waals surface area contributed by atoms with Gasteiger partial charge in [0.15, 0.2) is 5.71 Å². The van der Waals surface area contributed by atoms with E-state index < -0.39 is 0 Å². The minimum atomic E-state index is 0.777. The molecule has 0 radical (unpaired) electrons. The molecule has 0 saturated heterocycles. The van der Waals surface area contributed by atoms with Crippen LogP contribution in [0, 0.1) is 0 Å². The monoisotopic (exact) mass is 344 g/mol. The zero-order valence-corrected chi connectivity index (χ0v) is 15.9. The fourth-order valence-electron chi connectivity index (χ4n) is 3.00. The molecule has 0 saturated carbocycles. The van der Waals surface area contributed by atoms with E-state index in [0.717, 1.165) is 11.3 Å². The number of rotatable bonds is 3. The zero-order valence-electron chi connectivity index (χ0n) is 15.9. The van der Waals surface area contributed by atoms with Gasteiger partial charge in [0.1, 0.15) is 14.1 Å². The Balaban J connectivity index is 2.13. The summed E-state index contributed by atoms with van der Waals surface area (Å²) in [5.41, 5.74) is 13.8. The van der Waals surface area contributed by atoms with Crippen molar-refractivity contribution in [3.63, 3.8) is 0 Å². The molecule has 2 aromatic rings. The van der Waals surface area contributed by atoms with Gasteiger partial charge in [-0.05, 0) is 58.7 Å². The van der Waals surface area contributed by atoms with E-state index in [1.165, 1.54) is 28.1 Å². The molecule has 1 aliphatic rings. The van der Waals surface area contributed by atoms with Crippen molar-refractivity contribution in [2.24, 2.45) is 0 Å². The second-order valence-corrected chi connectivity index (χ2v) is 6.88. The lowest BCUT2D eigenvalue weighted by molar-refractivity contribution is -0.462. The normalized spacial score (nSPS) is 13.1. The molecule has 2 N–H and O–H groups in total. The van der Waals surface area contributed by atoms with E-state index in [0.29, 0.717) is 0 Å². The molecule has 0 unspecified atom stereocenters. The van der Waals surface area contributed by atoms with Crippen LogP contribution in [-0.4, -0.2) is 38.5 Å². The van der Waals surface area contributed by atoms with E-state index in [1.54, 1.807) is 0 Å². The second kappa shape index (κ2) is 7.44. The highest BCUT2D eigenvalue weighted by atomic mass is 15.1. The largest absolute Gasteiger partial charge is 0.399 e. The van der Waals surface area contributed by atoms with Crippen LogP contribution in [0.25, 0.3) is 5.57 Å². The van der Waals surface area contributed by atoms with Crippen molar-refractivity contribution in [3.05, 3.63) is 89.5 Å². The van der Waals surface area contributed by atoms with Gasteiger partial charge in [0.05, 0.1) is 0 Å². The number of nitrogens with two attached hydrogens (primary N) is 1. The summed E-state index contributed by atoms with van der Waals surface area (Å²) in [4.78, 5) is 2.11. The second-order valence-electron chi connectivity index (χ2n) is 6.88. The first-order chi connectivity index (χ1) is 12.5. The summed E-state index contributed by atoms with van der Waals surface area (Å²) in [6.45, 7) is 0. The van der Waals surface area contributed by atoms with Crippen LogP contribution < -0.4 is 10.6 Å². The van der Waals surface area contributed by atoms with E-state index in [1.807, 2.05) is 12.1 Å². The zero-order chi connectivity index (χ0) is 18.7. The van der Waals surface area contributed by atoms with Gasteiger partial charge in [-0.25, -0.2) is 4.58 Å². The molecule has 0 spiro atoms. The number of allylic oxidation sites excluding steroid dienone is 5. The van der Waals surface area contributed by atoms with Gasteiger partial charge in [0, 0.05) is 37.6 Å². The van der Waals surface area contributed by atoms with Crippen molar-refractivity contribution in [2.75, 3.05) is 38.8 Å². The number of nitrogen functional groups attached to an aromatic ring is 1. The van der Waals surface area contributed by atoms with Crippen molar-refractivity contribution in [2.45, 2.75) is 0 Å². The molecule has 2 aromatic carbocycles. The van der Waals surface area contributed by atoms with E-state index >= 15 is 0 Å². The van der Waals surface area contributed by atoms with Crippen molar-refractivity contribution < 1.29 is 4.58 Å². The molecule has 1 aliphatic carbocycles. The summed E-state index contributed by atoms with van der Waals surface area (Å²) in [7, 11) is 8.22. The van der Waals surface area contributed by atoms with E-state index in [2.05, 4.69) is 98.4 Å². The summed E-state index contributed by atoms with van der Waals surface area (Å²) < 4.78 is 2.11. The van der Waals surface area contributed by atoms with Crippen molar-refractivity contribution >= 4 is 22.7 Å². The molecule has 132 valence electrons. The van der Waals surface area contributed by atoms with Gasteiger partial charge < -0.3 is 10.6 Å². The van der Waals surface area contributed by atoms with Crippen LogP contribution in [0.3, 0.4) is 0 Å². The highest BCUT2D eigenvalue weighted by Gasteiger charge is 2.13. The number of hydrogen-bond acceptors (Lipinski definition) is 2. The van der Waals surface area contributed by atoms with Crippen LogP contribution in [0.15, 0.2) is 78.4 Å². The van der Waals surface area contributed by atoms with E-state index in [-0.39, 0.29) is 0 Å². The number of hydrogen-bond donors (Lipinski definition) is 1. The number of benzene rings is 2. The fraction of sp³-hybridized carbons (Fsp3) is 0.174. The van der Waals surface area contributed by atoms with Crippen molar-refractivity contribution in [3.8, 4) is 0 Å². The summed E-state index contributed by atoms with van der Waals surface area (Å²) in [5.74, 6) is 0. The molecular formula is C23H26N3+. The third kappa shape index (κ3) is 3.77. The lowest BCUT2D eigenvalue weighted by Crippen LogP contribution is -2.10. The van der Waals surface area contributed by atoms with Crippen LogP contribution >= 0.6 is 0 Å². The molecule has 3 nitrogen and oxygen atoms in total. The molecule has 0 atom stereocenters. The first-order valence-electron chi connectivity index (χ1n) is 8.74. The smallest absolute Gasteiger partial charge is 0.199 e. The van der Waals surface area contributed by atoms with Gasteiger partial charge >= 0.3 is 0 Å². The van der Waals surface area contributed by atoms with Crippen LogP contribution in [0.5, 0.6) is 0 Å². The lowest BCUT2D eigenvalue weighted by Gasteiger charge is -2.16. The Bertz CT molecular complexity index is 887. The van der Waals surface area contributed by atoms with Gasteiger partial charge in [-0.2, -0.15) is 0 Å². The standard InChI is InChI=1S/C23H25N3/c1-25(2)21-13-7-18(8-14-21)23(17-5-11-20(24)12-6-17)19-9-15-22(16-10-19)26(3)4/h5-16,24H,1-4H3/p+1. The first-order valence-corrected chi connectivity index (χ1v) is 8.74. The Morgan fingerprint density at radius 3 is 1.73 bits per heavy atom. The van der Waals surface area contributed by atoms with Gasteiger partial charge in [-0.15, -0.1) is 0 Å². The molecular weight excluding hydrogens is 318 g/mol. The quantitative estimate of drug-likeness (QED) is 0.675. The number of anilines is 2. The predicted molar refractivity (Wildman–Crippen MR) is 113 cm³/mol. The Hall–Kier alpha value is -3.07. The van der Waals surface area contributed by atoms with Gasteiger partial charge in [-0.1, -0.05) is 24.3 Å². The molecule has 0 fully saturated rings. The molecule has 3 rings (SSSR count). The minimum absolute atomic E-state index is 0.777. The average molecular weight is 344 g/mol. The highest BCUT2D eigenvalue weighted by Crippen LogP contribution is 2.31. The summed E-state index contributed by atoms with van der Waals surface area (Å²) >= 11 is 0. The Labute approximate surface area is 156 Å². The third-order valence-electron chi connectivity index (χ3n) is 4.54. The molecule has 3 heteroatoms. The van der Waals surface area contributed by atoms with Crippen LogP contribution in [-0.2, 0) is 0 Å². The summed E-state index contributed by atoms with van der Waals surface area (Å²) in [6.07, 6.45) is 8.67. The van der Waals surface area contributed by atoms with Crippen LogP contribution in [0.2, 0.25) is 0 Å². The maximum absolute atomic E-state index is 5.89. The summed E-state index contributed by atoms with van der Waals surface area (Å²) in [6, 6.07) is 16.8. The Morgan fingerprint density at radius 2 is 1.27 bits per heavy atom.